The van der Waals surface area contributed by atoms with Crippen molar-refractivity contribution < 1.29 is 19.1 Å². The second-order valence-electron chi connectivity index (χ2n) is 10.2. The van der Waals surface area contributed by atoms with E-state index >= 15 is 0 Å². The molecule has 3 heterocycles. The molecule has 5 atom stereocenters. The number of nitrogens with one attached hydrogen (secondary N) is 2. The van der Waals surface area contributed by atoms with Crippen molar-refractivity contribution in [2.75, 3.05) is 11.6 Å². The van der Waals surface area contributed by atoms with Crippen LogP contribution in [0.15, 0.2) is 41.3 Å². The van der Waals surface area contributed by atoms with Crippen molar-refractivity contribution in [2.45, 2.75) is 79.7 Å². The number of fused-ring (bicyclic) bond motifs is 1. The number of amides is 3. The van der Waals surface area contributed by atoms with E-state index in [0.29, 0.717) is 5.69 Å². The molecule has 2 aliphatic carbocycles. The van der Waals surface area contributed by atoms with Crippen LogP contribution in [-0.2, 0) is 19.1 Å². The van der Waals surface area contributed by atoms with Crippen LogP contribution in [0.1, 0.15) is 44.9 Å². The van der Waals surface area contributed by atoms with Gasteiger partial charge >= 0.3 is 0 Å². The van der Waals surface area contributed by atoms with Crippen LogP contribution in [0, 0.1) is 11.8 Å². The van der Waals surface area contributed by atoms with Crippen molar-refractivity contribution in [3.8, 4) is 0 Å². The minimum Gasteiger partial charge on any atom is -0.359 e. The van der Waals surface area contributed by atoms with Gasteiger partial charge in [0.2, 0.25) is 17.7 Å². The molecule has 3 amide bonds. The van der Waals surface area contributed by atoms with Gasteiger partial charge in [-0.3, -0.25) is 14.4 Å². The summed E-state index contributed by atoms with van der Waals surface area (Å²) in [5.74, 6) is -1.79. The highest BCUT2D eigenvalue weighted by Gasteiger charge is 2.74. The minimum atomic E-state index is -1.06. The van der Waals surface area contributed by atoms with E-state index in [2.05, 4.69) is 10.6 Å². The Morgan fingerprint density at radius 1 is 1.12 bits per heavy atom. The first-order valence-corrected chi connectivity index (χ1v) is 13.7. The minimum absolute atomic E-state index is 0.0626. The molecule has 5 aliphatic rings. The van der Waals surface area contributed by atoms with Crippen molar-refractivity contribution in [1.82, 2.24) is 10.2 Å². The lowest BCUT2D eigenvalue weighted by Gasteiger charge is -2.34. The van der Waals surface area contributed by atoms with Gasteiger partial charge in [0.25, 0.3) is 0 Å². The van der Waals surface area contributed by atoms with Gasteiger partial charge in [-0.1, -0.05) is 37.5 Å². The first-order valence-electron chi connectivity index (χ1n) is 12.5. The maximum atomic E-state index is 13.8. The molecule has 3 aliphatic heterocycles. The van der Waals surface area contributed by atoms with Gasteiger partial charge in [0.15, 0.2) is 0 Å². The molecule has 6 rings (SSSR count). The molecule has 1 aromatic carbocycles. The summed E-state index contributed by atoms with van der Waals surface area (Å²) in [6.07, 6.45) is 12.5. The third kappa shape index (κ3) is 3.49. The summed E-state index contributed by atoms with van der Waals surface area (Å²) < 4.78 is 6.40. The van der Waals surface area contributed by atoms with Crippen molar-refractivity contribution >= 4 is 35.2 Å². The molecule has 2 N–H and O–H groups in total. The number of anilines is 1. The average Bonchev–Trinajstić information content (AvgIpc) is 3.44. The highest BCUT2D eigenvalue weighted by Crippen LogP contribution is 2.57. The van der Waals surface area contributed by atoms with Crippen LogP contribution in [0.25, 0.3) is 0 Å². The van der Waals surface area contributed by atoms with E-state index in [-0.39, 0.29) is 29.8 Å². The Kier molecular flexibility index (Phi) is 5.48. The number of likely N-dealkylation sites (tertiary alicyclic amines) is 1. The Hall–Kier alpha value is -2.32. The molecule has 8 heteroatoms. The predicted molar refractivity (Wildman–Crippen MR) is 129 cm³/mol. The lowest BCUT2D eigenvalue weighted by atomic mass is 9.74. The zero-order valence-corrected chi connectivity index (χ0v) is 20.2. The van der Waals surface area contributed by atoms with Crippen molar-refractivity contribution in [3.05, 3.63) is 36.4 Å². The molecule has 2 bridgehead atoms. The van der Waals surface area contributed by atoms with Gasteiger partial charge in [0.1, 0.15) is 11.6 Å². The van der Waals surface area contributed by atoms with E-state index in [9.17, 15) is 14.4 Å². The molecule has 7 nitrogen and oxygen atoms in total. The van der Waals surface area contributed by atoms with Crippen molar-refractivity contribution in [1.29, 1.82) is 0 Å². The van der Waals surface area contributed by atoms with E-state index in [1.54, 1.807) is 16.7 Å². The Morgan fingerprint density at radius 3 is 2.65 bits per heavy atom. The maximum absolute atomic E-state index is 13.8. The van der Waals surface area contributed by atoms with Gasteiger partial charge in [0, 0.05) is 22.7 Å². The molecule has 1 spiro atoms. The molecule has 1 aromatic rings. The quantitative estimate of drug-likeness (QED) is 0.482. The predicted octanol–water partition coefficient (Wildman–Crippen LogP) is 3.11. The van der Waals surface area contributed by atoms with E-state index < -0.39 is 29.6 Å². The van der Waals surface area contributed by atoms with Crippen LogP contribution in [-0.4, -0.2) is 58.7 Å². The van der Waals surface area contributed by atoms with Crippen LogP contribution in [0.2, 0.25) is 0 Å². The molecule has 34 heavy (non-hydrogen) atoms. The summed E-state index contributed by atoms with van der Waals surface area (Å²) in [5.41, 5.74) is -0.361. The van der Waals surface area contributed by atoms with Crippen molar-refractivity contribution in [3.63, 3.8) is 0 Å². The average molecular weight is 482 g/mol. The first kappa shape index (κ1) is 22.2. The number of rotatable bonds is 6. The summed E-state index contributed by atoms with van der Waals surface area (Å²) in [4.78, 5) is 43.7. The van der Waals surface area contributed by atoms with Gasteiger partial charge in [-0.2, -0.15) is 0 Å². The number of hydrogen-bond donors (Lipinski definition) is 2. The lowest BCUT2D eigenvalue weighted by molar-refractivity contribution is -0.142. The van der Waals surface area contributed by atoms with Crippen LogP contribution in [0.5, 0.6) is 0 Å². The topological polar surface area (TPSA) is 87.7 Å². The van der Waals surface area contributed by atoms with Gasteiger partial charge < -0.3 is 20.3 Å². The third-order valence-corrected chi connectivity index (χ3v) is 8.82. The fourth-order valence-electron chi connectivity index (χ4n) is 6.41. The molecule has 0 radical (unpaired) electrons. The molecule has 2 saturated heterocycles. The smallest absolute Gasteiger partial charge is 0.246 e. The van der Waals surface area contributed by atoms with Crippen LogP contribution >= 0.6 is 11.8 Å². The largest absolute Gasteiger partial charge is 0.359 e. The molecule has 0 aromatic heterocycles. The van der Waals surface area contributed by atoms with E-state index in [0.717, 1.165) is 43.4 Å². The highest BCUT2D eigenvalue weighted by molar-refractivity contribution is 7.98. The number of nitrogens with zero attached hydrogens (tertiary/aromatic N) is 1. The highest BCUT2D eigenvalue weighted by atomic mass is 32.2. The first-order chi connectivity index (χ1) is 16.5. The number of carbonyl (C=O) groups is 3. The van der Waals surface area contributed by atoms with Gasteiger partial charge in [-0.25, -0.2) is 0 Å². The fourth-order valence-corrected chi connectivity index (χ4v) is 6.87. The van der Waals surface area contributed by atoms with Crippen LogP contribution in [0.3, 0.4) is 0 Å². The second-order valence-corrected chi connectivity index (χ2v) is 11.1. The maximum Gasteiger partial charge on any atom is 0.246 e. The van der Waals surface area contributed by atoms with Gasteiger partial charge in [-0.05, 0) is 50.1 Å². The molecular formula is C26H31N3O4S. The van der Waals surface area contributed by atoms with E-state index in [1.165, 1.54) is 6.42 Å². The number of hydrogen-bond acceptors (Lipinski definition) is 5. The Bertz CT molecular complexity index is 1050. The Balaban J connectivity index is 1.28. The number of carbonyl (C=O) groups excluding carboxylic acids is 3. The summed E-state index contributed by atoms with van der Waals surface area (Å²) >= 11 is 1.60. The zero-order chi connectivity index (χ0) is 23.4. The number of benzene rings is 1. The molecular weight excluding hydrogens is 450 g/mol. The molecule has 4 fully saturated rings. The number of thioether (sulfide) groups is 1. The lowest BCUT2D eigenvalue weighted by Crippen LogP contribution is -2.57. The summed E-state index contributed by atoms with van der Waals surface area (Å²) in [6.45, 7) is 0. The van der Waals surface area contributed by atoms with E-state index in [1.807, 2.05) is 42.7 Å². The fraction of sp³-hybridized carbons (Fsp3) is 0.577. The summed E-state index contributed by atoms with van der Waals surface area (Å²) in [5, 5.41) is 6.24. The number of ether oxygens (including phenoxy) is 1. The van der Waals surface area contributed by atoms with Crippen LogP contribution in [0.4, 0.5) is 5.69 Å². The second kappa shape index (κ2) is 8.41. The molecule has 2 saturated carbocycles. The summed E-state index contributed by atoms with van der Waals surface area (Å²) in [6, 6.07) is 7.17. The van der Waals surface area contributed by atoms with Crippen molar-refractivity contribution in [2.24, 2.45) is 11.8 Å². The van der Waals surface area contributed by atoms with Crippen LogP contribution < -0.4 is 10.6 Å². The van der Waals surface area contributed by atoms with Gasteiger partial charge in [-0.15, -0.1) is 11.8 Å². The molecule has 180 valence electrons. The standard InChI is InChI=1S/C26H31N3O4S/c1-34-18-9-5-8-16(14-18)28-23(30)20-19-12-13-26(33-19)21(20)25(32)29(17-10-11-17)22(26)24(31)27-15-6-3-2-4-7-15/h5,8-9,12-15,17,19-22H,2-4,6-7,10-11H2,1H3,(H,27,31)(H,28,30)/t19-,20-,21-,22-,26-/m1/s1. The third-order valence-electron chi connectivity index (χ3n) is 8.09. The van der Waals surface area contributed by atoms with Gasteiger partial charge in [0.05, 0.1) is 17.9 Å². The normalized spacial score (nSPS) is 34.4. The zero-order valence-electron chi connectivity index (χ0n) is 19.4. The Labute approximate surface area is 204 Å². The SMILES string of the molecule is CSc1cccc(NC(=O)[C@@H]2[C@H]3C=C[C@@]4(O3)[C@H]2C(=O)N(C2CC2)[C@@H]4C(=O)NC2CCCCC2)c1. The Morgan fingerprint density at radius 2 is 1.91 bits per heavy atom. The molecule has 0 unspecified atom stereocenters. The van der Waals surface area contributed by atoms with E-state index in [4.69, 9.17) is 4.74 Å². The summed E-state index contributed by atoms with van der Waals surface area (Å²) in [7, 11) is 0. The monoisotopic (exact) mass is 481 g/mol.